The summed E-state index contributed by atoms with van der Waals surface area (Å²) < 4.78 is 31.6. The van der Waals surface area contributed by atoms with Crippen molar-refractivity contribution in [1.29, 1.82) is 0 Å². The van der Waals surface area contributed by atoms with Gasteiger partial charge in [0.1, 0.15) is 0 Å². The van der Waals surface area contributed by atoms with Gasteiger partial charge in [-0.15, -0.1) is 0 Å². The van der Waals surface area contributed by atoms with Crippen LogP contribution in [0.5, 0.6) is 0 Å². The molecule has 4 heterocycles. The van der Waals surface area contributed by atoms with E-state index in [9.17, 15) is 38.8 Å². The van der Waals surface area contributed by atoms with Gasteiger partial charge in [-0.2, -0.15) is 0 Å². The van der Waals surface area contributed by atoms with Crippen molar-refractivity contribution in [2.45, 2.75) is 68.9 Å². The van der Waals surface area contributed by atoms with Gasteiger partial charge < -0.3 is 0 Å². The van der Waals surface area contributed by atoms with Crippen LogP contribution in [0.3, 0.4) is 0 Å². The summed E-state index contributed by atoms with van der Waals surface area (Å²) in [7, 11) is 0. The minimum atomic E-state index is -4.47. The molecule has 0 spiro atoms. The SMILES string of the molecule is Cc1cn(C2CC(O)C(C[Se]P(=O)([O-])OC3CC(n4cc(C)c(=O)[nH]c4=O)OC3CO)O2)c(=O)[nH]c1=O.[Na+]. The quantitative estimate of drug-likeness (QED) is 0.159. The average molecular weight is 631 g/mol. The van der Waals surface area contributed by atoms with E-state index in [-0.39, 0.29) is 58.8 Å². The molecule has 0 bridgehead atoms. The number of nitrogens with zero attached hydrogens (tertiary/aromatic N) is 2. The fraction of sp³-hybridized carbons (Fsp3) is 0.600. The van der Waals surface area contributed by atoms with Crippen LogP contribution in [0.25, 0.3) is 0 Å². The van der Waals surface area contributed by atoms with Crippen molar-refractivity contribution in [1.82, 2.24) is 19.1 Å². The maximum absolute atomic E-state index is 12.8. The van der Waals surface area contributed by atoms with Crippen LogP contribution in [0.1, 0.15) is 36.4 Å². The standard InChI is InChI=1S/C20H27N4O11PSe.Na/c1-9-5-23(19(29)21-17(9)27)15-3-11(26)14(34-15)8-37-36(31,32)35-12-4-16(33-13(12)7-25)24-6-10(2)18(28)22-20(24)30;/h5-6,11-16,25-26H,3-4,7-8H2,1-2H3,(H,31,32)(H,21,27,29)(H,22,28,30);/q;+1/p-1. The zero-order chi connectivity index (χ0) is 27.1. The Morgan fingerprint density at radius 2 is 1.53 bits per heavy atom. The third-order valence-electron chi connectivity index (χ3n) is 6.14. The summed E-state index contributed by atoms with van der Waals surface area (Å²) in [5, 5.41) is 20.0. The Balaban J connectivity index is 0.00000400. The first-order valence-electron chi connectivity index (χ1n) is 11.3. The third-order valence-corrected chi connectivity index (χ3v) is 11.3. The van der Waals surface area contributed by atoms with Crippen molar-refractivity contribution in [3.05, 3.63) is 65.2 Å². The van der Waals surface area contributed by atoms with E-state index in [1.807, 2.05) is 0 Å². The van der Waals surface area contributed by atoms with Crippen LogP contribution >= 0.6 is 6.29 Å². The molecule has 2 aromatic rings. The van der Waals surface area contributed by atoms with E-state index in [1.54, 1.807) is 0 Å². The van der Waals surface area contributed by atoms with Crippen molar-refractivity contribution in [2.75, 3.05) is 6.61 Å². The first-order valence-corrected chi connectivity index (χ1v) is 16.2. The van der Waals surface area contributed by atoms with Crippen LogP contribution < -0.4 is 56.9 Å². The van der Waals surface area contributed by atoms with Crippen LogP contribution in [-0.2, 0) is 18.6 Å². The molecule has 2 fully saturated rings. The molecule has 0 aromatic carbocycles. The summed E-state index contributed by atoms with van der Waals surface area (Å²) in [6, 6.07) is 0. The van der Waals surface area contributed by atoms with E-state index >= 15 is 0 Å². The molecule has 2 aliphatic rings. The third kappa shape index (κ3) is 6.95. The topological polar surface area (TPSA) is 218 Å². The normalized spacial score (nSPS) is 28.7. The zero-order valence-electron chi connectivity index (χ0n) is 20.8. The Morgan fingerprint density at radius 1 is 1.03 bits per heavy atom. The van der Waals surface area contributed by atoms with Gasteiger partial charge in [-0.25, -0.2) is 0 Å². The number of H-pyrrole nitrogens is 2. The van der Waals surface area contributed by atoms with Gasteiger partial charge in [0, 0.05) is 0 Å². The number of aryl methyl sites for hydroxylation is 2. The molecule has 0 saturated carbocycles. The van der Waals surface area contributed by atoms with E-state index < -0.39 is 86.8 Å². The molecule has 0 aliphatic carbocycles. The summed E-state index contributed by atoms with van der Waals surface area (Å²) in [4.78, 5) is 64.5. The molecule has 7 atom stereocenters. The molecule has 4 N–H and O–H groups in total. The number of hydrogen-bond donors (Lipinski definition) is 4. The number of nitrogens with one attached hydrogen (secondary N) is 2. The minimum absolute atomic E-state index is 0. The summed E-state index contributed by atoms with van der Waals surface area (Å²) in [6.45, 7) is 2.44. The molecule has 4 rings (SSSR count). The summed E-state index contributed by atoms with van der Waals surface area (Å²) in [5.74, 6) is 0. The molecule has 0 radical (unpaired) electrons. The van der Waals surface area contributed by atoms with Crippen LogP contribution in [0.4, 0.5) is 0 Å². The predicted molar refractivity (Wildman–Crippen MR) is 125 cm³/mol. The van der Waals surface area contributed by atoms with E-state index in [4.69, 9.17) is 14.0 Å². The fourth-order valence-corrected chi connectivity index (χ4v) is 8.87. The van der Waals surface area contributed by atoms with Gasteiger partial charge >= 0.3 is 244 Å². The Labute approximate surface area is 242 Å². The largest absolute Gasteiger partial charge is 1.00 e. The van der Waals surface area contributed by atoms with Crippen molar-refractivity contribution >= 4 is 20.8 Å². The second-order valence-electron chi connectivity index (χ2n) is 8.82. The van der Waals surface area contributed by atoms with Crippen LogP contribution in [0.15, 0.2) is 31.6 Å². The Morgan fingerprint density at radius 3 is 2.05 bits per heavy atom. The van der Waals surface area contributed by atoms with Gasteiger partial charge in [0.05, 0.1) is 0 Å². The summed E-state index contributed by atoms with van der Waals surface area (Å²) in [5.41, 5.74) is -2.03. The van der Waals surface area contributed by atoms with E-state index in [2.05, 4.69) is 9.97 Å². The fourth-order valence-electron chi connectivity index (χ4n) is 4.14. The van der Waals surface area contributed by atoms with Gasteiger partial charge in [-0.1, -0.05) is 0 Å². The molecule has 38 heavy (non-hydrogen) atoms. The molecule has 204 valence electrons. The van der Waals surface area contributed by atoms with Crippen molar-refractivity contribution in [3.8, 4) is 0 Å². The number of aliphatic hydroxyl groups is 2. The minimum Gasteiger partial charge on any atom is 1.00 e. The molecule has 2 saturated heterocycles. The molecule has 0 amide bonds. The van der Waals surface area contributed by atoms with E-state index in [1.165, 1.54) is 26.2 Å². The summed E-state index contributed by atoms with van der Waals surface area (Å²) in [6.07, 6.45) is -7.81. The number of aromatic nitrogens is 4. The first kappa shape index (κ1) is 31.4. The van der Waals surface area contributed by atoms with E-state index in [0.717, 1.165) is 9.13 Å². The van der Waals surface area contributed by atoms with Crippen LogP contribution in [-0.4, -0.2) is 74.9 Å². The maximum Gasteiger partial charge on any atom is 1.00 e. The van der Waals surface area contributed by atoms with Crippen LogP contribution in [0.2, 0.25) is 5.32 Å². The van der Waals surface area contributed by atoms with Gasteiger partial charge in [0.25, 0.3) is 0 Å². The zero-order valence-corrected chi connectivity index (χ0v) is 25.4. The second-order valence-corrected chi connectivity index (χ2v) is 15.3. The van der Waals surface area contributed by atoms with Crippen molar-refractivity contribution < 1.29 is 63.2 Å². The first-order chi connectivity index (χ1) is 17.4. The van der Waals surface area contributed by atoms with Gasteiger partial charge in [0.15, 0.2) is 0 Å². The van der Waals surface area contributed by atoms with Crippen LogP contribution in [0, 0.1) is 13.8 Å². The molecule has 2 aromatic heterocycles. The Hall–Kier alpha value is -1.13. The molecule has 7 unspecified atom stereocenters. The maximum atomic E-state index is 12.8. The van der Waals surface area contributed by atoms with Gasteiger partial charge in [-0.05, 0) is 0 Å². The Kier molecular flexibility index (Phi) is 10.4. The molecular formula is C20H26N4NaO11PSe. The van der Waals surface area contributed by atoms with E-state index in [0.29, 0.717) is 0 Å². The van der Waals surface area contributed by atoms with Crippen molar-refractivity contribution in [2.24, 2.45) is 0 Å². The molecule has 2 aliphatic heterocycles. The molecule has 18 heteroatoms. The Bertz CT molecular complexity index is 1440. The summed E-state index contributed by atoms with van der Waals surface area (Å²) >= 11 is -1.19. The predicted octanol–water partition coefficient (Wildman–Crippen LogP) is -5.39. The number of aromatic amines is 2. The second kappa shape index (κ2) is 12.6. The number of rotatable bonds is 8. The monoisotopic (exact) mass is 632 g/mol. The van der Waals surface area contributed by atoms with Gasteiger partial charge in [-0.3, -0.25) is 0 Å². The van der Waals surface area contributed by atoms with Crippen molar-refractivity contribution in [3.63, 3.8) is 0 Å². The van der Waals surface area contributed by atoms with Gasteiger partial charge in [0.2, 0.25) is 0 Å². The number of ether oxygens (including phenoxy) is 2. The average Bonchev–Trinajstić information content (AvgIpc) is 3.39. The smallest absolute Gasteiger partial charge is 1.00 e. The molecule has 15 nitrogen and oxygen atoms in total. The number of hydrogen-bond acceptors (Lipinski definition) is 11. The number of aliphatic hydroxyl groups excluding tert-OH is 2. The molecular weight excluding hydrogens is 605 g/mol.